The number of nitrogens with two attached hydrogens (primary N) is 2. The molecule has 1 aromatic heterocycles. The topological polar surface area (TPSA) is 122 Å². The molecule has 0 aliphatic carbocycles. The average Bonchev–Trinajstić information content (AvgIpc) is 3.53. The van der Waals surface area contributed by atoms with Gasteiger partial charge in [-0.1, -0.05) is 12.1 Å². The fourth-order valence-electron chi connectivity index (χ4n) is 4.56. The highest BCUT2D eigenvalue weighted by molar-refractivity contribution is 6.05. The van der Waals surface area contributed by atoms with E-state index < -0.39 is 46.1 Å². The monoisotopic (exact) mass is 510 g/mol. The predicted molar refractivity (Wildman–Crippen MR) is 132 cm³/mol. The zero-order valence-electron chi connectivity index (χ0n) is 19.6. The van der Waals surface area contributed by atoms with Crippen LogP contribution in [0.1, 0.15) is 28.8 Å². The highest BCUT2D eigenvalue weighted by Crippen LogP contribution is 2.37. The van der Waals surface area contributed by atoms with Gasteiger partial charge in [0.15, 0.2) is 23.3 Å². The molecular formula is C26H22F4N6O. The SMILES string of the molecule is Cc1cc(C(N)=O)c2nc(-c3c(F)c(F)c(-c4cccc(N=C(N)[C@@H]5CCCN5)c4)c(F)c3F)[nH]c2c1. The van der Waals surface area contributed by atoms with Crippen LogP contribution in [0, 0.1) is 30.2 Å². The van der Waals surface area contributed by atoms with Gasteiger partial charge >= 0.3 is 0 Å². The number of rotatable bonds is 5. The van der Waals surface area contributed by atoms with Gasteiger partial charge in [-0.2, -0.15) is 0 Å². The number of amidine groups is 1. The third kappa shape index (κ3) is 4.31. The maximum atomic E-state index is 15.3. The number of halogens is 4. The minimum atomic E-state index is -1.64. The van der Waals surface area contributed by atoms with Gasteiger partial charge in [-0.05, 0) is 61.7 Å². The van der Waals surface area contributed by atoms with E-state index in [2.05, 4.69) is 20.3 Å². The Morgan fingerprint density at radius 1 is 1.03 bits per heavy atom. The first-order valence-electron chi connectivity index (χ1n) is 11.5. The molecule has 2 heterocycles. The van der Waals surface area contributed by atoms with E-state index in [4.69, 9.17) is 11.5 Å². The van der Waals surface area contributed by atoms with E-state index in [1.54, 1.807) is 19.1 Å². The molecule has 5 rings (SSSR count). The number of carbonyl (C=O) groups excluding carboxylic acids is 1. The van der Waals surface area contributed by atoms with Gasteiger partial charge in [0.05, 0.1) is 33.9 Å². The van der Waals surface area contributed by atoms with E-state index in [1.165, 1.54) is 24.3 Å². The summed E-state index contributed by atoms with van der Waals surface area (Å²) in [6.45, 7) is 2.48. The first kappa shape index (κ1) is 24.4. The molecule has 7 nitrogen and oxygen atoms in total. The number of hydrogen-bond acceptors (Lipinski definition) is 4. The maximum absolute atomic E-state index is 15.3. The molecule has 0 unspecified atom stereocenters. The molecule has 1 saturated heterocycles. The zero-order chi connectivity index (χ0) is 26.4. The maximum Gasteiger partial charge on any atom is 0.250 e. The minimum Gasteiger partial charge on any atom is -0.386 e. The molecule has 37 heavy (non-hydrogen) atoms. The lowest BCUT2D eigenvalue weighted by atomic mass is 10.00. The van der Waals surface area contributed by atoms with Crippen LogP contribution in [0.3, 0.4) is 0 Å². The van der Waals surface area contributed by atoms with E-state index in [9.17, 15) is 4.79 Å². The lowest BCUT2D eigenvalue weighted by molar-refractivity contribution is 0.100. The Bertz CT molecular complexity index is 1560. The number of amides is 1. The van der Waals surface area contributed by atoms with Gasteiger partial charge in [0.25, 0.3) is 5.91 Å². The summed E-state index contributed by atoms with van der Waals surface area (Å²) < 4.78 is 61.1. The molecule has 1 aliphatic rings. The Kier molecular flexibility index (Phi) is 6.16. The largest absolute Gasteiger partial charge is 0.386 e. The third-order valence-corrected chi connectivity index (χ3v) is 6.31. The normalized spacial score (nSPS) is 16.0. The number of nitrogens with one attached hydrogen (secondary N) is 2. The highest BCUT2D eigenvalue weighted by atomic mass is 19.2. The first-order chi connectivity index (χ1) is 17.7. The summed E-state index contributed by atoms with van der Waals surface area (Å²) in [5.41, 5.74) is 10.5. The Morgan fingerprint density at radius 2 is 1.73 bits per heavy atom. The summed E-state index contributed by atoms with van der Waals surface area (Å²) in [6, 6.07) is 8.53. The van der Waals surface area contributed by atoms with Gasteiger partial charge in [-0.15, -0.1) is 0 Å². The van der Waals surface area contributed by atoms with Crippen molar-refractivity contribution in [3.05, 3.63) is 70.8 Å². The molecule has 190 valence electrons. The number of H-pyrrole nitrogens is 1. The second kappa shape index (κ2) is 9.32. The number of nitrogens with zero attached hydrogens (tertiary/aromatic N) is 2. The second-order valence-electron chi connectivity index (χ2n) is 8.90. The first-order valence-corrected chi connectivity index (χ1v) is 11.5. The van der Waals surface area contributed by atoms with E-state index in [0.717, 1.165) is 19.4 Å². The van der Waals surface area contributed by atoms with Crippen molar-refractivity contribution in [3.8, 4) is 22.5 Å². The molecule has 1 aliphatic heterocycles. The molecule has 11 heteroatoms. The third-order valence-electron chi connectivity index (χ3n) is 6.31. The lowest BCUT2D eigenvalue weighted by Gasteiger charge is -2.12. The van der Waals surface area contributed by atoms with Crippen LogP contribution in [0.2, 0.25) is 0 Å². The quantitative estimate of drug-likeness (QED) is 0.136. The number of aromatic nitrogens is 2. The van der Waals surface area contributed by atoms with Crippen LogP contribution in [-0.2, 0) is 0 Å². The van der Waals surface area contributed by atoms with Crippen LogP contribution in [-0.4, -0.2) is 34.3 Å². The summed E-state index contributed by atoms with van der Waals surface area (Å²) in [5, 5.41) is 3.19. The molecule has 0 saturated carbocycles. The second-order valence-corrected chi connectivity index (χ2v) is 8.90. The number of imidazole rings is 1. The minimum absolute atomic E-state index is 0.000303. The van der Waals surface area contributed by atoms with Gasteiger partial charge in [-0.3, -0.25) is 4.79 Å². The molecule has 3 aromatic carbocycles. The van der Waals surface area contributed by atoms with Crippen LogP contribution >= 0.6 is 0 Å². The van der Waals surface area contributed by atoms with Crippen molar-refractivity contribution >= 4 is 28.5 Å². The number of aryl methyl sites for hydroxylation is 1. The Hall–Kier alpha value is -4.25. The van der Waals surface area contributed by atoms with E-state index in [1.807, 2.05) is 0 Å². The zero-order valence-corrected chi connectivity index (χ0v) is 19.6. The smallest absolute Gasteiger partial charge is 0.250 e. The molecular weight excluding hydrogens is 488 g/mol. The summed E-state index contributed by atoms with van der Waals surface area (Å²) in [4.78, 5) is 22.8. The van der Waals surface area contributed by atoms with Gasteiger partial charge < -0.3 is 21.8 Å². The van der Waals surface area contributed by atoms with Crippen LogP contribution in [0.4, 0.5) is 23.2 Å². The van der Waals surface area contributed by atoms with E-state index in [-0.39, 0.29) is 33.9 Å². The highest BCUT2D eigenvalue weighted by Gasteiger charge is 2.29. The molecule has 0 bridgehead atoms. The molecule has 6 N–H and O–H groups in total. The fraction of sp³-hybridized carbons (Fsp3) is 0.192. The van der Waals surface area contributed by atoms with E-state index in [0.29, 0.717) is 11.4 Å². The number of aromatic amines is 1. The number of hydrogen-bond donors (Lipinski definition) is 4. The van der Waals surface area contributed by atoms with Crippen molar-refractivity contribution in [2.75, 3.05) is 6.54 Å². The van der Waals surface area contributed by atoms with Crippen molar-refractivity contribution in [2.45, 2.75) is 25.8 Å². The number of aliphatic imine (C=N–C) groups is 1. The van der Waals surface area contributed by atoms with Gasteiger partial charge in [0, 0.05) is 0 Å². The molecule has 4 aromatic rings. The summed E-state index contributed by atoms with van der Waals surface area (Å²) >= 11 is 0. The van der Waals surface area contributed by atoms with Gasteiger partial charge in [0.2, 0.25) is 0 Å². The van der Waals surface area contributed by atoms with Crippen LogP contribution < -0.4 is 16.8 Å². The average molecular weight is 510 g/mol. The van der Waals surface area contributed by atoms with Crippen molar-refractivity contribution < 1.29 is 22.4 Å². The van der Waals surface area contributed by atoms with Crippen molar-refractivity contribution in [1.82, 2.24) is 15.3 Å². The van der Waals surface area contributed by atoms with Crippen molar-refractivity contribution in [3.63, 3.8) is 0 Å². The Labute approximate surface area is 208 Å². The van der Waals surface area contributed by atoms with Crippen molar-refractivity contribution in [1.29, 1.82) is 0 Å². The summed E-state index contributed by atoms with van der Waals surface area (Å²) in [5.74, 6) is -7.49. The molecule has 0 radical (unpaired) electrons. The predicted octanol–water partition coefficient (Wildman–Crippen LogP) is 4.60. The van der Waals surface area contributed by atoms with Crippen LogP contribution in [0.15, 0.2) is 41.4 Å². The van der Waals surface area contributed by atoms with Crippen LogP contribution in [0.5, 0.6) is 0 Å². The Morgan fingerprint density at radius 3 is 2.38 bits per heavy atom. The van der Waals surface area contributed by atoms with E-state index >= 15 is 17.6 Å². The standard InChI is InChI=1S/C26H22F4N6O/c1-11-8-14(25(32)37)23-16(9-11)35-26(36-23)18-21(29)19(27)17(20(28)22(18)30)12-4-2-5-13(10-12)34-24(31)15-6-3-7-33-15/h2,4-5,8-10,15,33H,3,6-7H2,1H3,(H2,31,34)(H2,32,37)(H,35,36)/t15-/m0/s1. The number of fused-ring (bicyclic) bond motifs is 1. The number of benzene rings is 3. The summed E-state index contributed by atoms with van der Waals surface area (Å²) in [6.07, 6.45) is 1.75. The van der Waals surface area contributed by atoms with Crippen LogP contribution in [0.25, 0.3) is 33.5 Å². The number of primary amides is 1. The summed E-state index contributed by atoms with van der Waals surface area (Å²) in [7, 11) is 0. The lowest BCUT2D eigenvalue weighted by Crippen LogP contribution is -2.36. The Balaban J connectivity index is 1.61. The van der Waals surface area contributed by atoms with Gasteiger partial charge in [0.1, 0.15) is 17.2 Å². The molecule has 1 fully saturated rings. The van der Waals surface area contributed by atoms with Crippen molar-refractivity contribution in [2.24, 2.45) is 16.5 Å². The fourth-order valence-corrected chi connectivity index (χ4v) is 4.56. The number of carbonyl (C=O) groups is 1. The molecule has 1 atom stereocenters. The molecule has 1 amide bonds. The molecule has 0 spiro atoms. The van der Waals surface area contributed by atoms with Gasteiger partial charge in [-0.25, -0.2) is 27.5 Å².